The van der Waals surface area contributed by atoms with Gasteiger partial charge < -0.3 is 0 Å². The summed E-state index contributed by atoms with van der Waals surface area (Å²) in [5.74, 6) is -1.07. The van der Waals surface area contributed by atoms with Crippen LogP contribution in [0.4, 0.5) is 0 Å². The summed E-state index contributed by atoms with van der Waals surface area (Å²) >= 11 is 0. The molecule has 2 aliphatic carbocycles. The Labute approximate surface area is 164 Å². The fourth-order valence-corrected chi connectivity index (χ4v) is 4.14. The number of nitrogens with one attached hydrogen (secondary N) is 1. The highest BCUT2D eigenvalue weighted by Gasteiger charge is 2.16. The highest BCUT2D eigenvalue weighted by Crippen LogP contribution is 2.27. The predicted octanol–water partition coefficient (Wildman–Crippen LogP) is 3.84. The minimum atomic E-state index is -3.54. The third kappa shape index (κ3) is 5.06. The van der Waals surface area contributed by atoms with Gasteiger partial charge in [0, 0.05) is 6.42 Å². The van der Waals surface area contributed by atoms with Crippen molar-refractivity contribution in [3.05, 3.63) is 90.0 Å². The number of rotatable bonds is 5. The van der Waals surface area contributed by atoms with Crippen LogP contribution in [0.25, 0.3) is 11.1 Å². The first kappa shape index (κ1) is 19.8. The Morgan fingerprint density at radius 2 is 1.46 bits per heavy atom. The zero-order valence-corrected chi connectivity index (χ0v) is 16.0. The molecule has 2 N–H and O–H groups in total. The molecule has 2 aromatic rings. The number of carbonyl (C=O) groups excluding carboxylic acids is 1. The third-order valence-corrected chi connectivity index (χ3v) is 6.21. The second-order valence-electron chi connectivity index (χ2n) is 6.49. The van der Waals surface area contributed by atoms with E-state index in [-0.39, 0.29) is 17.1 Å². The van der Waals surface area contributed by atoms with Crippen LogP contribution in [0.5, 0.6) is 0 Å². The number of fused-ring (bicyclic) bond motifs is 2. The van der Waals surface area contributed by atoms with Crippen molar-refractivity contribution < 1.29 is 18.4 Å². The minimum Gasteiger partial charge on any atom is -0.289 e. The molecule has 2 bridgehead atoms. The molecule has 0 atom stereocenters. The van der Waals surface area contributed by atoms with Crippen LogP contribution in [0.15, 0.2) is 94.9 Å². The second-order valence-corrected chi connectivity index (χ2v) is 8.60. The number of sulfone groups is 1. The van der Waals surface area contributed by atoms with Crippen molar-refractivity contribution in [2.45, 2.75) is 17.7 Å². The summed E-state index contributed by atoms with van der Waals surface area (Å²) in [6, 6.07) is 16.1. The molecule has 4 rings (SSSR count). The standard InChI is InChI=1S/C15H15NO4S.C7H6/c17-15(16-18)10-11-21(19,20)14-8-6-13(7-9-14)12-4-2-1-3-5-12;1-2-7-4-3-6(1)5-7/h1-9,18H,10-11H2,(H,16,17);1-4H,5H2. The summed E-state index contributed by atoms with van der Waals surface area (Å²) < 4.78 is 24.1. The van der Waals surface area contributed by atoms with Crippen molar-refractivity contribution in [2.75, 3.05) is 5.75 Å². The van der Waals surface area contributed by atoms with Gasteiger partial charge in [-0.05, 0) is 40.8 Å². The summed E-state index contributed by atoms with van der Waals surface area (Å²) in [6.07, 6.45) is 9.62. The Morgan fingerprint density at radius 3 is 1.93 bits per heavy atom. The fraction of sp³-hybridized carbons (Fsp3) is 0.136. The summed E-state index contributed by atoms with van der Waals surface area (Å²) in [5, 5.41) is 8.37. The molecule has 0 aromatic heterocycles. The Bertz CT molecular complexity index is 1010. The van der Waals surface area contributed by atoms with E-state index in [4.69, 9.17) is 5.21 Å². The molecule has 2 aromatic carbocycles. The Morgan fingerprint density at radius 1 is 0.893 bits per heavy atom. The molecule has 2 aliphatic rings. The van der Waals surface area contributed by atoms with Crippen molar-refractivity contribution in [1.82, 2.24) is 5.48 Å². The van der Waals surface area contributed by atoms with Crippen LogP contribution in [0.1, 0.15) is 12.8 Å². The Kier molecular flexibility index (Phi) is 6.23. The normalized spacial score (nSPS) is 14.0. The van der Waals surface area contributed by atoms with Gasteiger partial charge in [-0.15, -0.1) is 0 Å². The molecular weight excluding hydrogens is 374 g/mol. The first-order chi connectivity index (χ1) is 13.5. The van der Waals surface area contributed by atoms with Crippen LogP contribution in [0.2, 0.25) is 0 Å². The van der Waals surface area contributed by atoms with Crippen molar-refractivity contribution >= 4 is 15.7 Å². The van der Waals surface area contributed by atoms with Crippen molar-refractivity contribution in [2.24, 2.45) is 0 Å². The van der Waals surface area contributed by atoms with E-state index in [9.17, 15) is 13.2 Å². The average molecular weight is 395 g/mol. The summed E-state index contributed by atoms with van der Waals surface area (Å²) in [5.41, 5.74) is 6.27. The van der Waals surface area contributed by atoms with Crippen LogP contribution in [0, 0.1) is 0 Å². The van der Waals surface area contributed by atoms with Gasteiger partial charge in [0.1, 0.15) is 0 Å². The Balaban J connectivity index is 0.000000264. The number of allylic oxidation sites excluding steroid dienone is 6. The summed E-state index contributed by atoms with van der Waals surface area (Å²) in [7, 11) is -3.54. The van der Waals surface area contributed by atoms with Gasteiger partial charge in [0.25, 0.3) is 0 Å². The molecule has 1 amide bonds. The highest BCUT2D eigenvalue weighted by molar-refractivity contribution is 7.91. The van der Waals surface area contributed by atoms with Gasteiger partial charge in [0.15, 0.2) is 9.84 Å². The molecule has 0 saturated carbocycles. The molecule has 5 nitrogen and oxygen atoms in total. The molecule has 28 heavy (non-hydrogen) atoms. The largest absolute Gasteiger partial charge is 0.289 e. The average Bonchev–Trinajstić information content (AvgIpc) is 3.39. The van der Waals surface area contributed by atoms with Gasteiger partial charge in [-0.1, -0.05) is 66.8 Å². The highest BCUT2D eigenvalue weighted by atomic mass is 32.2. The zero-order chi connectivity index (χ0) is 20.0. The molecule has 0 fully saturated rings. The van der Waals surface area contributed by atoms with E-state index in [1.54, 1.807) is 12.1 Å². The molecule has 0 spiro atoms. The van der Waals surface area contributed by atoms with Gasteiger partial charge in [-0.3, -0.25) is 10.0 Å². The van der Waals surface area contributed by atoms with Gasteiger partial charge in [-0.25, -0.2) is 13.9 Å². The molecular formula is C22H21NO4S. The van der Waals surface area contributed by atoms with E-state index in [2.05, 4.69) is 24.3 Å². The molecule has 0 heterocycles. The first-order valence-electron chi connectivity index (χ1n) is 8.87. The van der Waals surface area contributed by atoms with E-state index in [1.165, 1.54) is 35.2 Å². The monoisotopic (exact) mass is 395 g/mol. The topological polar surface area (TPSA) is 83.5 Å². The minimum absolute atomic E-state index is 0.160. The lowest BCUT2D eigenvalue weighted by atomic mass is 10.1. The lowest BCUT2D eigenvalue weighted by Crippen LogP contribution is -2.22. The lowest BCUT2D eigenvalue weighted by molar-refractivity contribution is -0.128. The summed E-state index contributed by atoms with van der Waals surface area (Å²) in [4.78, 5) is 11.1. The van der Waals surface area contributed by atoms with Gasteiger partial charge in [0.05, 0.1) is 10.6 Å². The first-order valence-corrected chi connectivity index (χ1v) is 10.5. The number of benzene rings is 2. The fourth-order valence-electron chi connectivity index (χ4n) is 2.90. The van der Waals surface area contributed by atoms with E-state index in [1.807, 2.05) is 30.3 Å². The van der Waals surface area contributed by atoms with Gasteiger partial charge in [-0.2, -0.15) is 0 Å². The zero-order valence-electron chi connectivity index (χ0n) is 15.2. The molecule has 0 saturated heterocycles. The molecule has 0 unspecified atom stereocenters. The quantitative estimate of drug-likeness (QED) is 0.595. The smallest absolute Gasteiger partial charge is 0.244 e. The number of hydrogen-bond acceptors (Lipinski definition) is 4. The maximum Gasteiger partial charge on any atom is 0.244 e. The van der Waals surface area contributed by atoms with Crippen LogP contribution >= 0.6 is 0 Å². The number of amides is 1. The predicted molar refractivity (Wildman–Crippen MR) is 108 cm³/mol. The molecule has 0 aliphatic heterocycles. The van der Waals surface area contributed by atoms with E-state index < -0.39 is 15.7 Å². The lowest BCUT2D eigenvalue weighted by Gasteiger charge is -2.06. The number of carbonyl (C=O) groups is 1. The summed E-state index contributed by atoms with van der Waals surface area (Å²) in [6.45, 7) is 0. The van der Waals surface area contributed by atoms with Crippen LogP contribution in [-0.2, 0) is 14.6 Å². The number of hydrogen-bond donors (Lipinski definition) is 2. The van der Waals surface area contributed by atoms with E-state index in [0.717, 1.165) is 11.1 Å². The SMILES string of the molecule is C1=CC2=CC=C1C2.O=C(CCS(=O)(=O)c1ccc(-c2ccccc2)cc1)NO. The molecule has 144 valence electrons. The molecule has 6 heteroatoms. The Hall–Kier alpha value is -2.96. The van der Waals surface area contributed by atoms with Crippen molar-refractivity contribution in [3.8, 4) is 11.1 Å². The van der Waals surface area contributed by atoms with Crippen LogP contribution in [-0.4, -0.2) is 25.3 Å². The van der Waals surface area contributed by atoms with E-state index in [0.29, 0.717) is 0 Å². The van der Waals surface area contributed by atoms with E-state index >= 15 is 0 Å². The van der Waals surface area contributed by atoms with Crippen LogP contribution < -0.4 is 5.48 Å². The third-order valence-electron chi connectivity index (χ3n) is 4.47. The van der Waals surface area contributed by atoms with Crippen molar-refractivity contribution in [3.63, 3.8) is 0 Å². The second kappa shape index (κ2) is 8.82. The van der Waals surface area contributed by atoms with Gasteiger partial charge in [0.2, 0.25) is 5.91 Å². The maximum atomic E-state index is 12.0. The number of hydroxylamine groups is 1. The maximum absolute atomic E-state index is 12.0. The van der Waals surface area contributed by atoms with Crippen molar-refractivity contribution in [1.29, 1.82) is 0 Å². The van der Waals surface area contributed by atoms with Gasteiger partial charge >= 0.3 is 0 Å². The van der Waals surface area contributed by atoms with Crippen LogP contribution in [0.3, 0.4) is 0 Å². The molecule has 0 radical (unpaired) electrons.